The first-order chi connectivity index (χ1) is 9.60. The van der Waals surface area contributed by atoms with Crippen molar-refractivity contribution in [1.29, 1.82) is 0 Å². The summed E-state index contributed by atoms with van der Waals surface area (Å²) in [6.45, 7) is 2.06. The summed E-state index contributed by atoms with van der Waals surface area (Å²) in [4.78, 5) is 0. The van der Waals surface area contributed by atoms with Crippen molar-refractivity contribution in [2.45, 2.75) is 25.8 Å². The number of ether oxygens (including phenoxy) is 1. The number of hydrogen-bond donors (Lipinski definition) is 1. The Morgan fingerprint density at radius 3 is 2.55 bits per heavy atom. The number of hydrogen-bond acceptors (Lipinski definition) is 2. The van der Waals surface area contributed by atoms with Crippen LogP contribution in [0.3, 0.4) is 0 Å². The molecule has 2 aromatic rings. The summed E-state index contributed by atoms with van der Waals surface area (Å²) in [6, 6.07) is 13.0. The van der Waals surface area contributed by atoms with Gasteiger partial charge < -0.3 is 10.5 Å². The molecular weight excluding hydrogens is 293 g/mol. The minimum absolute atomic E-state index is 0.102. The quantitative estimate of drug-likeness (QED) is 0.837. The van der Waals surface area contributed by atoms with Gasteiger partial charge in [-0.25, -0.2) is 0 Å². The molecule has 0 fully saturated rings. The zero-order valence-electron chi connectivity index (χ0n) is 11.3. The molecule has 0 saturated heterocycles. The van der Waals surface area contributed by atoms with E-state index in [1.54, 1.807) is 12.1 Å². The van der Waals surface area contributed by atoms with Crippen LogP contribution in [0.25, 0.3) is 0 Å². The topological polar surface area (TPSA) is 35.2 Å². The second-order valence-electron chi connectivity index (χ2n) is 4.66. The molecule has 0 saturated carbocycles. The molecule has 0 aliphatic rings. The van der Waals surface area contributed by atoms with Gasteiger partial charge >= 0.3 is 0 Å². The molecular formula is C16H17Cl2NO. The van der Waals surface area contributed by atoms with E-state index in [0.717, 1.165) is 18.4 Å². The summed E-state index contributed by atoms with van der Waals surface area (Å²) >= 11 is 12.2. The SMILES string of the molecule is CCC(N)Cc1ccc(Cl)cc1Oc1ccccc1Cl. The van der Waals surface area contributed by atoms with Crippen LogP contribution in [-0.2, 0) is 6.42 Å². The van der Waals surface area contributed by atoms with E-state index >= 15 is 0 Å². The fraction of sp³-hybridized carbons (Fsp3) is 0.250. The van der Waals surface area contributed by atoms with E-state index in [2.05, 4.69) is 6.92 Å². The minimum atomic E-state index is 0.102. The predicted octanol–water partition coefficient (Wildman–Crippen LogP) is 5.07. The number of benzene rings is 2. The van der Waals surface area contributed by atoms with Gasteiger partial charge in [0.25, 0.3) is 0 Å². The number of para-hydroxylation sites is 1. The van der Waals surface area contributed by atoms with Crippen molar-refractivity contribution in [2.75, 3.05) is 0 Å². The molecule has 0 aliphatic heterocycles. The average Bonchev–Trinajstić information content (AvgIpc) is 2.44. The highest BCUT2D eigenvalue weighted by atomic mass is 35.5. The summed E-state index contributed by atoms with van der Waals surface area (Å²) in [7, 11) is 0. The fourth-order valence-electron chi connectivity index (χ4n) is 1.86. The lowest BCUT2D eigenvalue weighted by Gasteiger charge is -2.15. The molecule has 0 aliphatic carbocycles. The second kappa shape index (κ2) is 6.98. The van der Waals surface area contributed by atoms with Crippen molar-refractivity contribution in [1.82, 2.24) is 0 Å². The van der Waals surface area contributed by atoms with Crippen molar-refractivity contribution in [3.63, 3.8) is 0 Å². The third kappa shape index (κ3) is 3.89. The number of rotatable bonds is 5. The Kier molecular flexibility index (Phi) is 5.30. The van der Waals surface area contributed by atoms with Crippen molar-refractivity contribution in [3.8, 4) is 11.5 Å². The van der Waals surface area contributed by atoms with E-state index in [1.165, 1.54) is 0 Å². The zero-order chi connectivity index (χ0) is 14.5. The van der Waals surface area contributed by atoms with E-state index in [4.69, 9.17) is 33.7 Å². The normalized spacial score (nSPS) is 12.2. The van der Waals surface area contributed by atoms with Gasteiger partial charge in [-0.1, -0.05) is 48.3 Å². The average molecular weight is 310 g/mol. The summed E-state index contributed by atoms with van der Waals surface area (Å²) in [5.41, 5.74) is 7.05. The molecule has 4 heteroatoms. The third-order valence-electron chi connectivity index (χ3n) is 3.09. The van der Waals surface area contributed by atoms with Crippen LogP contribution >= 0.6 is 23.2 Å². The maximum Gasteiger partial charge on any atom is 0.146 e. The van der Waals surface area contributed by atoms with Gasteiger partial charge in [0.05, 0.1) is 5.02 Å². The van der Waals surface area contributed by atoms with E-state index in [9.17, 15) is 0 Å². The van der Waals surface area contributed by atoms with E-state index < -0.39 is 0 Å². The lowest BCUT2D eigenvalue weighted by Crippen LogP contribution is -2.21. The Labute approximate surface area is 129 Å². The van der Waals surface area contributed by atoms with Crippen LogP contribution in [0.4, 0.5) is 0 Å². The van der Waals surface area contributed by atoms with Gasteiger partial charge in [0.1, 0.15) is 11.5 Å². The fourth-order valence-corrected chi connectivity index (χ4v) is 2.20. The highest BCUT2D eigenvalue weighted by molar-refractivity contribution is 6.32. The number of halogens is 2. The zero-order valence-corrected chi connectivity index (χ0v) is 12.8. The molecule has 1 atom stereocenters. The Hall–Kier alpha value is -1.22. The van der Waals surface area contributed by atoms with Crippen molar-refractivity contribution < 1.29 is 4.74 Å². The van der Waals surface area contributed by atoms with Crippen molar-refractivity contribution in [2.24, 2.45) is 5.73 Å². The van der Waals surface area contributed by atoms with Crippen LogP contribution in [0, 0.1) is 0 Å². The third-order valence-corrected chi connectivity index (χ3v) is 3.64. The molecule has 0 aromatic heterocycles. The first-order valence-electron chi connectivity index (χ1n) is 6.56. The minimum Gasteiger partial charge on any atom is -0.455 e. The smallest absolute Gasteiger partial charge is 0.146 e. The van der Waals surface area contributed by atoms with Crippen LogP contribution in [-0.4, -0.2) is 6.04 Å². The Morgan fingerprint density at radius 2 is 1.85 bits per heavy atom. The molecule has 20 heavy (non-hydrogen) atoms. The number of nitrogens with two attached hydrogens (primary N) is 1. The van der Waals surface area contributed by atoms with Gasteiger partial charge in [-0.3, -0.25) is 0 Å². The highest BCUT2D eigenvalue weighted by Gasteiger charge is 2.11. The molecule has 2 nitrogen and oxygen atoms in total. The van der Waals surface area contributed by atoms with Crippen LogP contribution in [0.2, 0.25) is 10.0 Å². The van der Waals surface area contributed by atoms with Gasteiger partial charge in [0.2, 0.25) is 0 Å². The standard InChI is InChI=1S/C16H17Cl2NO/c1-2-13(19)9-11-7-8-12(17)10-16(11)20-15-6-4-3-5-14(15)18/h3-8,10,13H,2,9,19H2,1H3. The van der Waals surface area contributed by atoms with E-state index in [-0.39, 0.29) is 6.04 Å². The molecule has 0 bridgehead atoms. The van der Waals surface area contributed by atoms with Crippen LogP contribution in [0.1, 0.15) is 18.9 Å². The second-order valence-corrected chi connectivity index (χ2v) is 5.50. The van der Waals surface area contributed by atoms with Crippen LogP contribution < -0.4 is 10.5 Å². The van der Waals surface area contributed by atoms with Crippen LogP contribution in [0.5, 0.6) is 11.5 Å². The van der Waals surface area contributed by atoms with Gasteiger partial charge in [-0.05, 0) is 42.7 Å². The summed E-state index contributed by atoms with van der Waals surface area (Å²) < 4.78 is 5.89. The molecule has 0 heterocycles. The molecule has 1 unspecified atom stereocenters. The Bertz CT molecular complexity index is 586. The van der Waals surface area contributed by atoms with Gasteiger partial charge in [-0.2, -0.15) is 0 Å². The van der Waals surface area contributed by atoms with E-state index in [1.807, 2.05) is 30.3 Å². The monoisotopic (exact) mass is 309 g/mol. The first kappa shape index (κ1) is 15.2. The maximum absolute atomic E-state index is 6.12. The molecule has 106 valence electrons. The lowest BCUT2D eigenvalue weighted by atomic mass is 10.0. The van der Waals surface area contributed by atoms with E-state index in [0.29, 0.717) is 21.5 Å². The van der Waals surface area contributed by atoms with Crippen molar-refractivity contribution in [3.05, 3.63) is 58.1 Å². The predicted molar refractivity (Wildman–Crippen MR) is 84.9 cm³/mol. The first-order valence-corrected chi connectivity index (χ1v) is 7.32. The summed E-state index contributed by atoms with van der Waals surface area (Å²) in [6.07, 6.45) is 1.65. The Balaban J connectivity index is 2.30. The van der Waals surface area contributed by atoms with Gasteiger partial charge in [0.15, 0.2) is 0 Å². The molecule has 0 spiro atoms. The highest BCUT2D eigenvalue weighted by Crippen LogP contribution is 2.33. The summed E-state index contributed by atoms with van der Waals surface area (Å²) in [5.74, 6) is 1.32. The molecule has 2 N–H and O–H groups in total. The molecule has 2 rings (SSSR count). The largest absolute Gasteiger partial charge is 0.455 e. The van der Waals surface area contributed by atoms with Gasteiger partial charge in [0, 0.05) is 11.1 Å². The molecule has 2 aromatic carbocycles. The van der Waals surface area contributed by atoms with Crippen molar-refractivity contribution >= 4 is 23.2 Å². The van der Waals surface area contributed by atoms with Gasteiger partial charge in [-0.15, -0.1) is 0 Å². The Morgan fingerprint density at radius 1 is 1.10 bits per heavy atom. The molecule has 0 radical (unpaired) electrons. The summed E-state index contributed by atoms with van der Waals surface area (Å²) in [5, 5.41) is 1.19. The van der Waals surface area contributed by atoms with Crippen LogP contribution in [0.15, 0.2) is 42.5 Å². The maximum atomic E-state index is 6.12. The molecule has 0 amide bonds. The lowest BCUT2D eigenvalue weighted by molar-refractivity contribution is 0.472.